The number of nitrogens with two attached hydrogens (primary N) is 3. The maximum Gasteiger partial charge on any atom is 0.251 e. The van der Waals surface area contributed by atoms with E-state index < -0.39 is 89.7 Å². The lowest BCUT2D eigenvalue weighted by molar-refractivity contribution is -0.144. The molecule has 3 aromatic carbocycles. The van der Waals surface area contributed by atoms with Gasteiger partial charge in [-0.05, 0) is 131 Å². The molecule has 0 spiro atoms. The Morgan fingerprint density at radius 2 is 1.37 bits per heavy atom. The molecule has 4 heterocycles. The Morgan fingerprint density at radius 3 is 2.01 bits per heavy atom. The van der Waals surface area contributed by atoms with Crippen LogP contribution in [0.1, 0.15) is 113 Å². The van der Waals surface area contributed by atoms with E-state index in [2.05, 4.69) is 60.4 Å². The van der Waals surface area contributed by atoms with Crippen LogP contribution in [0.3, 0.4) is 0 Å². The van der Waals surface area contributed by atoms with Crippen LogP contribution in [0.15, 0.2) is 77.8 Å². The number of phenolic OH excluding ortho intramolecular Hbond substituents is 1. The number of guanidine groups is 1. The molecular formula is C59H85N13O10. The Bertz CT molecular complexity index is 2650. The van der Waals surface area contributed by atoms with Gasteiger partial charge in [0.15, 0.2) is 5.96 Å². The summed E-state index contributed by atoms with van der Waals surface area (Å²) in [7, 11) is 0. The number of hydrogen-bond donors (Lipinski definition) is 10. The van der Waals surface area contributed by atoms with Crippen molar-refractivity contribution >= 4 is 58.7 Å². The first kappa shape index (κ1) is 61.9. The summed E-state index contributed by atoms with van der Waals surface area (Å²) in [6.07, 6.45) is 6.77. The smallest absolute Gasteiger partial charge is 0.251 e. The Hall–Kier alpha value is -7.66. The number of anilines is 2. The van der Waals surface area contributed by atoms with Gasteiger partial charge in [0.2, 0.25) is 35.4 Å². The highest BCUT2D eigenvalue weighted by atomic mass is 16.5. The molecule has 23 nitrogen and oxygen atoms in total. The number of benzene rings is 3. The zero-order valence-electron chi connectivity index (χ0n) is 47.4. The van der Waals surface area contributed by atoms with Crippen LogP contribution in [0, 0.1) is 0 Å². The molecule has 7 amide bonds. The van der Waals surface area contributed by atoms with E-state index in [4.69, 9.17) is 21.9 Å². The number of aryl methyl sites for hydroxylation is 1. The summed E-state index contributed by atoms with van der Waals surface area (Å²) in [5.41, 5.74) is 20.5. The molecule has 0 bridgehead atoms. The number of unbranched alkanes of at least 4 members (excludes halogenated alkanes) is 5. The fourth-order valence-electron chi connectivity index (χ4n) is 11.2. The SMILES string of the molecule is CCCCCCCCOc1ccc(N2CCN(c3ccc(C(=O)N[C@H]4CCCNC(=O)[C@@H]5C[C@H](N=C(N)N)CN5C(=O)[C@H](CCN)NC(=O)[C@H](CCc5ccc(O)cc5)NC(=O)[C@@H]5CCCN5C(=O)[C@H]([C@@H](C)O)NC4=O)cc3)CC2)cc1. The van der Waals surface area contributed by atoms with Crippen molar-refractivity contribution in [3.8, 4) is 11.5 Å². The van der Waals surface area contributed by atoms with Gasteiger partial charge in [-0.15, -0.1) is 0 Å². The topological polar surface area (TPSA) is 333 Å². The summed E-state index contributed by atoms with van der Waals surface area (Å²) >= 11 is 0. The summed E-state index contributed by atoms with van der Waals surface area (Å²) in [5, 5.41) is 34.9. The molecule has 0 saturated carbocycles. The quantitative estimate of drug-likeness (QED) is 0.0462. The lowest BCUT2D eigenvalue weighted by Crippen LogP contribution is -2.61. The number of aliphatic hydroxyl groups is 1. The van der Waals surface area contributed by atoms with E-state index in [1.807, 2.05) is 24.3 Å². The van der Waals surface area contributed by atoms with E-state index in [9.17, 15) is 43.8 Å². The highest BCUT2D eigenvalue weighted by Crippen LogP contribution is 2.26. The van der Waals surface area contributed by atoms with E-state index in [0.29, 0.717) is 13.0 Å². The van der Waals surface area contributed by atoms with Crippen LogP contribution in [0.2, 0.25) is 0 Å². The zero-order chi connectivity index (χ0) is 58.7. The summed E-state index contributed by atoms with van der Waals surface area (Å²) in [5.74, 6) is -4.06. The van der Waals surface area contributed by atoms with Gasteiger partial charge in [-0.2, -0.15) is 0 Å². The van der Waals surface area contributed by atoms with Crippen LogP contribution in [0.4, 0.5) is 11.4 Å². The highest BCUT2D eigenvalue weighted by molar-refractivity contribution is 6.00. The van der Waals surface area contributed by atoms with Crippen molar-refractivity contribution in [3.63, 3.8) is 0 Å². The number of amides is 7. The maximum atomic E-state index is 14.5. The van der Waals surface area contributed by atoms with Crippen LogP contribution >= 0.6 is 0 Å². The van der Waals surface area contributed by atoms with Crippen molar-refractivity contribution in [2.45, 2.75) is 152 Å². The van der Waals surface area contributed by atoms with Gasteiger partial charge in [-0.25, -0.2) is 4.99 Å². The Labute approximate surface area is 480 Å². The number of piperazine rings is 1. The molecule has 446 valence electrons. The van der Waals surface area contributed by atoms with Crippen LogP contribution in [0.5, 0.6) is 11.5 Å². The molecule has 13 N–H and O–H groups in total. The largest absolute Gasteiger partial charge is 0.508 e. The van der Waals surface area contributed by atoms with Crippen molar-refractivity contribution in [3.05, 3.63) is 83.9 Å². The summed E-state index contributed by atoms with van der Waals surface area (Å²) in [4.78, 5) is 112. The normalized spacial score (nSPS) is 23.8. The fourth-order valence-corrected chi connectivity index (χ4v) is 11.2. The van der Waals surface area contributed by atoms with Crippen molar-refractivity contribution in [2.24, 2.45) is 22.2 Å². The molecule has 3 aromatic rings. The van der Waals surface area contributed by atoms with Crippen LogP contribution in [-0.2, 0) is 35.2 Å². The van der Waals surface area contributed by atoms with Gasteiger partial charge in [0.1, 0.15) is 47.8 Å². The van der Waals surface area contributed by atoms with Crippen molar-refractivity contribution < 1.29 is 48.5 Å². The summed E-state index contributed by atoms with van der Waals surface area (Å²) in [6.45, 7) is 7.29. The predicted molar refractivity (Wildman–Crippen MR) is 312 cm³/mol. The third-order valence-electron chi connectivity index (χ3n) is 15.8. The maximum absolute atomic E-state index is 14.5. The third kappa shape index (κ3) is 17.2. The molecule has 4 aliphatic rings. The zero-order valence-corrected chi connectivity index (χ0v) is 47.4. The number of rotatable bonds is 19. The molecule has 23 heteroatoms. The second kappa shape index (κ2) is 30.4. The van der Waals surface area contributed by atoms with E-state index in [-0.39, 0.29) is 88.4 Å². The summed E-state index contributed by atoms with van der Waals surface area (Å²) < 4.78 is 6.00. The standard InChI is InChI=1S/C59H85N13O10/c1-3-4-5-6-7-8-35-82-45-24-20-43(21-25-45)70-33-31-69(32-34-70)42-18-16-40(17-19-42)52(75)65-46-11-9-29-63-55(78)50-36-41(64-59(61)62)37-72(50)57(80)48(27-28-60)67-53(76)47(26-15-39-13-22-44(74)23-14-39)66-56(79)49-12-10-30-71(49)58(81)51(38(2)73)68-54(46)77/h13-14,16-25,38,41,46-51,73-74H,3-12,15,26-37,60H2,1-2H3,(H,63,78)(H,65,75)(H,66,79)(H,67,76)(H,68,77)(H4,61,62,64)/t38-,41+,46+,47+,48+,49+,50+,51+/m1/s1. The third-order valence-corrected chi connectivity index (χ3v) is 15.8. The number of nitrogens with one attached hydrogen (secondary N) is 5. The molecule has 4 aliphatic heterocycles. The van der Waals surface area contributed by atoms with E-state index >= 15 is 0 Å². The van der Waals surface area contributed by atoms with E-state index in [1.54, 1.807) is 24.3 Å². The number of nitrogens with zero attached hydrogens (tertiary/aromatic N) is 5. The van der Waals surface area contributed by atoms with Gasteiger partial charge in [-0.1, -0.05) is 51.2 Å². The Balaban J connectivity index is 1.06. The first-order valence-electron chi connectivity index (χ1n) is 29.2. The van der Waals surface area contributed by atoms with E-state index in [1.165, 1.54) is 61.0 Å². The number of phenols is 1. The molecule has 0 aliphatic carbocycles. The van der Waals surface area contributed by atoms with Gasteiger partial charge >= 0.3 is 0 Å². The highest BCUT2D eigenvalue weighted by Gasteiger charge is 2.44. The summed E-state index contributed by atoms with van der Waals surface area (Å²) in [6, 6.07) is 13.4. The lowest BCUT2D eigenvalue weighted by atomic mass is 10.0. The lowest BCUT2D eigenvalue weighted by Gasteiger charge is -2.37. The number of aromatic hydroxyl groups is 1. The first-order chi connectivity index (χ1) is 39.5. The first-order valence-corrected chi connectivity index (χ1v) is 29.2. The number of carbonyl (C=O) groups excluding carboxylic acids is 7. The van der Waals surface area contributed by atoms with Gasteiger partial charge in [0.05, 0.1) is 18.8 Å². The average molecular weight is 1140 g/mol. The number of fused-ring (bicyclic) bond motifs is 2. The Kier molecular flexibility index (Phi) is 23.0. The number of aliphatic imine (C=N–C) groups is 1. The number of hydrogen-bond acceptors (Lipinski definition) is 14. The number of carbonyl (C=O) groups is 7. The van der Waals surface area contributed by atoms with Crippen molar-refractivity contribution in [1.82, 2.24) is 36.4 Å². The molecule has 7 rings (SSSR count). The molecule has 0 aromatic heterocycles. The van der Waals surface area contributed by atoms with Crippen molar-refractivity contribution in [2.75, 3.05) is 68.8 Å². The molecular weight excluding hydrogens is 1050 g/mol. The van der Waals surface area contributed by atoms with Gasteiger partial charge in [0, 0.05) is 69.2 Å². The molecule has 4 fully saturated rings. The molecule has 0 radical (unpaired) electrons. The minimum absolute atomic E-state index is 0.0152. The molecule has 82 heavy (non-hydrogen) atoms. The minimum Gasteiger partial charge on any atom is -0.508 e. The Morgan fingerprint density at radius 1 is 0.720 bits per heavy atom. The van der Waals surface area contributed by atoms with Crippen LogP contribution in [0.25, 0.3) is 0 Å². The second-order valence-electron chi connectivity index (χ2n) is 21.9. The van der Waals surface area contributed by atoms with Crippen LogP contribution in [-0.4, -0.2) is 175 Å². The van der Waals surface area contributed by atoms with Gasteiger partial charge in [0.25, 0.3) is 5.91 Å². The predicted octanol–water partition coefficient (Wildman–Crippen LogP) is 1.52. The molecule has 8 atom stereocenters. The minimum atomic E-state index is -1.55. The van der Waals surface area contributed by atoms with E-state index in [0.717, 1.165) is 55.3 Å². The number of ether oxygens (including phenoxy) is 1. The van der Waals surface area contributed by atoms with Crippen LogP contribution < -0.4 is 58.3 Å². The second-order valence-corrected chi connectivity index (χ2v) is 21.9. The molecule has 0 unspecified atom stereocenters. The van der Waals surface area contributed by atoms with Gasteiger partial charge in [-0.3, -0.25) is 33.6 Å². The monoisotopic (exact) mass is 1140 g/mol. The number of aliphatic hydroxyl groups excluding tert-OH is 1. The average Bonchev–Trinajstić information content (AvgIpc) is 4.36. The molecule has 4 saturated heterocycles. The van der Waals surface area contributed by atoms with Gasteiger partial charge < -0.3 is 78.3 Å². The van der Waals surface area contributed by atoms with Crippen molar-refractivity contribution in [1.29, 1.82) is 0 Å². The fraction of sp³-hybridized carbons (Fsp3) is 0.559.